The zero-order chi connectivity index (χ0) is 20.3. The second-order valence-electron chi connectivity index (χ2n) is 6.34. The summed E-state index contributed by atoms with van der Waals surface area (Å²) in [4.78, 5) is 18.1. The first-order valence-electron chi connectivity index (χ1n) is 8.59. The van der Waals surface area contributed by atoms with Gasteiger partial charge in [-0.2, -0.15) is 13.2 Å². The monoisotopic (exact) mass is 392 g/mol. The quantitative estimate of drug-likeness (QED) is 0.647. The smallest absolute Gasteiger partial charge is 0.340 e. The van der Waals surface area contributed by atoms with Crippen LogP contribution >= 0.6 is 0 Å². The second-order valence-corrected chi connectivity index (χ2v) is 6.34. The normalized spacial score (nSPS) is 11.6. The van der Waals surface area contributed by atoms with Crippen molar-refractivity contribution < 1.29 is 18.0 Å². The highest BCUT2D eigenvalue weighted by atomic mass is 19.4. The van der Waals surface area contributed by atoms with Crippen LogP contribution in [0.25, 0.3) is 5.69 Å². The van der Waals surface area contributed by atoms with Crippen LogP contribution in [0.15, 0.2) is 42.9 Å². The number of rotatable bonds is 6. The fourth-order valence-electron chi connectivity index (χ4n) is 2.73. The molecule has 0 saturated heterocycles. The maximum Gasteiger partial charge on any atom is 0.416 e. The molecule has 2 heterocycles. The standard InChI is InChI=1S/C18H19F3N6O/c1-13-22-7-10-26(13)9-4-8-25(2)17(28)16-12-27(24-23-16)15-6-3-5-14(11-15)18(19,20)21/h3,5-7,10-12H,4,8-9H2,1-2H3. The number of benzene rings is 1. The zero-order valence-electron chi connectivity index (χ0n) is 15.4. The lowest BCUT2D eigenvalue weighted by Gasteiger charge is -2.15. The fraction of sp³-hybridized carbons (Fsp3) is 0.333. The summed E-state index contributed by atoms with van der Waals surface area (Å²) in [7, 11) is 1.65. The Hall–Kier alpha value is -3.17. The molecule has 0 fully saturated rings. The summed E-state index contributed by atoms with van der Waals surface area (Å²) in [5.41, 5.74) is -0.543. The minimum atomic E-state index is -4.46. The highest BCUT2D eigenvalue weighted by Gasteiger charge is 2.30. The van der Waals surface area contributed by atoms with Gasteiger partial charge in [-0.3, -0.25) is 4.79 Å². The van der Waals surface area contributed by atoms with Gasteiger partial charge in [-0.25, -0.2) is 9.67 Å². The summed E-state index contributed by atoms with van der Waals surface area (Å²) in [5.74, 6) is 0.554. The molecule has 2 aromatic heterocycles. The van der Waals surface area contributed by atoms with Crippen molar-refractivity contribution in [2.75, 3.05) is 13.6 Å². The predicted octanol–water partition coefficient (Wildman–Crippen LogP) is 2.95. The van der Waals surface area contributed by atoms with Crippen molar-refractivity contribution in [1.82, 2.24) is 29.4 Å². The number of aromatic nitrogens is 5. The van der Waals surface area contributed by atoms with Crippen LogP contribution in [-0.2, 0) is 12.7 Å². The molecule has 0 spiro atoms. The third kappa shape index (κ3) is 4.38. The molecule has 3 aromatic rings. The summed E-state index contributed by atoms with van der Waals surface area (Å²) < 4.78 is 41.7. The molecule has 0 aliphatic carbocycles. The summed E-state index contributed by atoms with van der Waals surface area (Å²) >= 11 is 0. The molecule has 0 aliphatic rings. The number of aryl methyl sites for hydroxylation is 2. The molecule has 7 nitrogen and oxygen atoms in total. The van der Waals surface area contributed by atoms with E-state index in [2.05, 4.69) is 15.3 Å². The lowest BCUT2D eigenvalue weighted by atomic mass is 10.2. The van der Waals surface area contributed by atoms with E-state index in [9.17, 15) is 18.0 Å². The average Bonchev–Trinajstić information content (AvgIpc) is 3.30. The molecule has 0 unspecified atom stereocenters. The van der Waals surface area contributed by atoms with E-state index < -0.39 is 11.7 Å². The van der Waals surface area contributed by atoms with E-state index in [1.807, 2.05) is 17.7 Å². The molecular weight excluding hydrogens is 373 g/mol. The van der Waals surface area contributed by atoms with Crippen molar-refractivity contribution in [2.45, 2.75) is 26.1 Å². The molecule has 0 saturated carbocycles. The number of hydrogen-bond acceptors (Lipinski definition) is 4. The van der Waals surface area contributed by atoms with Gasteiger partial charge in [-0.05, 0) is 31.5 Å². The number of halogens is 3. The zero-order valence-corrected chi connectivity index (χ0v) is 15.4. The Morgan fingerprint density at radius 2 is 2.07 bits per heavy atom. The number of nitrogens with zero attached hydrogens (tertiary/aromatic N) is 6. The Morgan fingerprint density at radius 3 is 2.75 bits per heavy atom. The minimum Gasteiger partial charge on any atom is -0.340 e. The second kappa shape index (κ2) is 7.83. The molecular formula is C18H19F3N6O. The van der Waals surface area contributed by atoms with Gasteiger partial charge in [0.1, 0.15) is 5.82 Å². The maximum absolute atomic E-state index is 12.9. The Balaban J connectivity index is 1.64. The largest absolute Gasteiger partial charge is 0.416 e. The van der Waals surface area contributed by atoms with E-state index in [-0.39, 0.29) is 17.3 Å². The van der Waals surface area contributed by atoms with Gasteiger partial charge >= 0.3 is 6.18 Å². The van der Waals surface area contributed by atoms with E-state index in [0.717, 1.165) is 35.6 Å². The van der Waals surface area contributed by atoms with Gasteiger partial charge in [-0.1, -0.05) is 11.3 Å². The molecule has 1 amide bonds. The van der Waals surface area contributed by atoms with Crippen LogP contribution in [0.3, 0.4) is 0 Å². The molecule has 148 valence electrons. The molecule has 3 rings (SSSR count). The molecule has 0 bridgehead atoms. The maximum atomic E-state index is 12.9. The van der Waals surface area contributed by atoms with Crippen LogP contribution in [0.5, 0.6) is 0 Å². The van der Waals surface area contributed by atoms with Gasteiger partial charge in [0.2, 0.25) is 0 Å². The van der Waals surface area contributed by atoms with Crippen molar-refractivity contribution >= 4 is 5.91 Å². The van der Waals surface area contributed by atoms with Crippen molar-refractivity contribution in [3.05, 3.63) is 59.9 Å². The van der Waals surface area contributed by atoms with E-state index >= 15 is 0 Å². The predicted molar refractivity (Wildman–Crippen MR) is 94.9 cm³/mol. The molecule has 0 atom stereocenters. The van der Waals surface area contributed by atoms with E-state index in [4.69, 9.17) is 0 Å². The lowest BCUT2D eigenvalue weighted by molar-refractivity contribution is -0.137. The van der Waals surface area contributed by atoms with Gasteiger partial charge < -0.3 is 9.47 Å². The molecule has 1 aromatic carbocycles. The minimum absolute atomic E-state index is 0.0683. The Morgan fingerprint density at radius 1 is 1.29 bits per heavy atom. The van der Waals surface area contributed by atoms with Gasteiger partial charge in [0.25, 0.3) is 5.91 Å². The average molecular weight is 392 g/mol. The van der Waals surface area contributed by atoms with Crippen LogP contribution < -0.4 is 0 Å². The third-order valence-corrected chi connectivity index (χ3v) is 4.31. The van der Waals surface area contributed by atoms with Gasteiger partial charge in [0.05, 0.1) is 17.4 Å². The van der Waals surface area contributed by atoms with Crippen LogP contribution in [0.2, 0.25) is 0 Å². The fourth-order valence-corrected chi connectivity index (χ4v) is 2.73. The molecule has 0 aliphatic heterocycles. The first-order valence-corrected chi connectivity index (χ1v) is 8.59. The van der Waals surface area contributed by atoms with E-state index in [0.29, 0.717) is 6.54 Å². The van der Waals surface area contributed by atoms with Crippen molar-refractivity contribution in [2.24, 2.45) is 0 Å². The van der Waals surface area contributed by atoms with Crippen molar-refractivity contribution in [1.29, 1.82) is 0 Å². The van der Waals surface area contributed by atoms with Crippen LogP contribution in [0, 0.1) is 6.92 Å². The van der Waals surface area contributed by atoms with Crippen LogP contribution in [-0.4, -0.2) is 48.9 Å². The van der Waals surface area contributed by atoms with Crippen molar-refractivity contribution in [3.8, 4) is 5.69 Å². The number of amides is 1. The first kappa shape index (κ1) is 19.6. The van der Waals surface area contributed by atoms with E-state index in [1.165, 1.54) is 23.2 Å². The van der Waals surface area contributed by atoms with Gasteiger partial charge in [-0.15, -0.1) is 5.10 Å². The van der Waals surface area contributed by atoms with E-state index in [1.54, 1.807) is 13.2 Å². The highest BCUT2D eigenvalue weighted by Crippen LogP contribution is 2.30. The first-order chi connectivity index (χ1) is 13.3. The summed E-state index contributed by atoms with van der Waals surface area (Å²) in [5, 5.41) is 7.59. The number of hydrogen-bond donors (Lipinski definition) is 0. The number of alkyl halides is 3. The summed E-state index contributed by atoms with van der Waals surface area (Å²) in [6, 6.07) is 4.68. The Labute approximate surface area is 159 Å². The summed E-state index contributed by atoms with van der Waals surface area (Å²) in [6.07, 6.45) is 1.19. The number of imidazole rings is 1. The van der Waals surface area contributed by atoms with Gasteiger partial charge in [0, 0.05) is 32.5 Å². The molecule has 28 heavy (non-hydrogen) atoms. The third-order valence-electron chi connectivity index (χ3n) is 4.31. The topological polar surface area (TPSA) is 68.8 Å². The molecule has 0 radical (unpaired) electrons. The Kier molecular flexibility index (Phi) is 5.48. The summed E-state index contributed by atoms with van der Waals surface area (Å²) in [6.45, 7) is 3.12. The highest BCUT2D eigenvalue weighted by molar-refractivity contribution is 5.91. The molecule has 10 heteroatoms. The SMILES string of the molecule is Cc1nccn1CCCN(C)C(=O)c1cn(-c2cccc(C(F)(F)F)c2)nn1. The Bertz CT molecular complexity index is 962. The number of carbonyl (C=O) groups is 1. The van der Waals surface area contributed by atoms with Crippen LogP contribution in [0.4, 0.5) is 13.2 Å². The van der Waals surface area contributed by atoms with Crippen molar-refractivity contribution in [3.63, 3.8) is 0 Å². The molecule has 0 N–H and O–H groups in total. The lowest BCUT2D eigenvalue weighted by Crippen LogP contribution is -2.28. The number of carbonyl (C=O) groups excluding carboxylic acids is 1. The van der Waals surface area contributed by atoms with Crippen LogP contribution in [0.1, 0.15) is 28.3 Å². The van der Waals surface area contributed by atoms with Gasteiger partial charge in [0.15, 0.2) is 5.69 Å².